The van der Waals surface area contributed by atoms with Gasteiger partial charge in [0.25, 0.3) is 0 Å². The Bertz CT molecular complexity index is 507. The fourth-order valence-electron chi connectivity index (χ4n) is 1.97. The summed E-state index contributed by atoms with van der Waals surface area (Å²) in [7, 11) is 0. The summed E-state index contributed by atoms with van der Waals surface area (Å²) in [5.74, 6) is 1.58. The van der Waals surface area contributed by atoms with Crippen LogP contribution in [0.15, 0.2) is 30.9 Å². The SMILES string of the molecule is C=CCNC(C)(C#N)CCc1ccc2c(c1)OCO2. The first-order valence-electron chi connectivity index (χ1n) is 6.32. The molecule has 0 bridgehead atoms. The van der Waals surface area contributed by atoms with Crippen molar-refractivity contribution in [1.82, 2.24) is 5.32 Å². The third-order valence-corrected chi connectivity index (χ3v) is 3.23. The summed E-state index contributed by atoms with van der Waals surface area (Å²) in [6, 6.07) is 8.23. The van der Waals surface area contributed by atoms with Crippen LogP contribution in [0.5, 0.6) is 11.5 Å². The maximum absolute atomic E-state index is 9.25. The van der Waals surface area contributed by atoms with Crippen LogP contribution in [0.4, 0.5) is 0 Å². The lowest BCUT2D eigenvalue weighted by atomic mass is 9.94. The first-order valence-corrected chi connectivity index (χ1v) is 6.32. The molecule has 100 valence electrons. The van der Waals surface area contributed by atoms with Gasteiger partial charge in [0.05, 0.1) is 6.07 Å². The lowest BCUT2D eigenvalue weighted by Crippen LogP contribution is -2.41. The number of nitrogens with zero attached hydrogens (tertiary/aromatic N) is 1. The van der Waals surface area contributed by atoms with E-state index in [-0.39, 0.29) is 6.79 Å². The van der Waals surface area contributed by atoms with Crippen LogP contribution < -0.4 is 14.8 Å². The van der Waals surface area contributed by atoms with Crippen LogP contribution in [0, 0.1) is 11.3 Å². The average molecular weight is 258 g/mol. The third kappa shape index (κ3) is 3.27. The van der Waals surface area contributed by atoms with E-state index in [2.05, 4.69) is 18.0 Å². The molecule has 0 saturated carbocycles. The lowest BCUT2D eigenvalue weighted by Gasteiger charge is -2.22. The van der Waals surface area contributed by atoms with E-state index in [9.17, 15) is 5.26 Å². The number of hydrogen-bond donors (Lipinski definition) is 1. The van der Waals surface area contributed by atoms with E-state index < -0.39 is 5.54 Å². The van der Waals surface area contributed by atoms with Gasteiger partial charge in [-0.3, -0.25) is 5.32 Å². The number of ether oxygens (including phenoxy) is 2. The van der Waals surface area contributed by atoms with Gasteiger partial charge in [-0.2, -0.15) is 5.26 Å². The molecule has 1 atom stereocenters. The normalized spacial score (nSPS) is 15.6. The number of aryl methyl sites for hydroxylation is 1. The Morgan fingerprint density at radius 1 is 1.47 bits per heavy atom. The lowest BCUT2D eigenvalue weighted by molar-refractivity contribution is 0.174. The van der Waals surface area contributed by atoms with Crippen molar-refractivity contribution in [3.63, 3.8) is 0 Å². The summed E-state index contributed by atoms with van der Waals surface area (Å²) in [4.78, 5) is 0. The molecule has 0 spiro atoms. The molecule has 1 aromatic carbocycles. The topological polar surface area (TPSA) is 54.3 Å². The van der Waals surface area contributed by atoms with Crippen molar-refractivity contribution in [2.45, 2.75) is 25.3 Å². The summed E-state index contributed by atoms with van der Waals surface area (Å²) >= 11 is 0. The average Bonchev–Trinajstić information content (AvgIpc) is 2.90. The molecule has 0 saturated heterocycles. The molecule has 0 amide bonds. The van der Waals surface area contributed by atoms with Crippen molar-refractivity contribution in [3.8, 4) is 17.6 Å². The van der Waals surface area contributed by atoms with Gasteiger partial charge in [0, 0.05) is 6.54 Å². The van der Waals surface area contributed by atoms with Crippen LogP contribution in [0.2, 0.25) is 0 Å². The minimum absolute atomic E-state index is 0.287. The van der Waals surface area contributed by atoms with Gasteiger partial charge in [0.15, 0.2) is 11.5 Å². The van der Waals surface area contributed by atoms with Crippen LogP contribution >= 0.6 is 0 Å². The summed E-state index contributed by atoms with van der Waals surface area (Å²) in [6.07, 6.45) is 3.30. The molecule has 1 heterocycles. The van der Waals surface area contributed by atoms with Crippen molar-refractivity contribution < 1.29 is 9.47 Å². The van der Waals surface area contributed by atoms with E-state index in [1.54, 1.807) is 6.08 Å². The van der Waals surface area contributed by atoms with Gasteiger partial charge in [-0.05, 0) is 37.5 Å². The molecule has 0 aliphatic carbocycles. The zero-order valence-electron chi connectivity index (χ0n) is 11.1. The largest absolute Gasteiger partial charge is 0.454 e. The van der Waals surface area contributed by atoms with Gasteiger partial charge in [-0.15, -0.1) is 6.58 Å². The molecule has 4 nitrogen and oxygen atoms in total. The van der Waals surface area contributed by atoms with Gasteiger partial charge in [-0.25, -0.2) is 0 Å². The van der Waals surface area contributed by atoms with Gasteiger partial charge in [0.2, 0.25) is 6.79 Å². The molecule has 1 aliphatic heterocycles. The molecule has 0 fully saturated rings. The number of hydrogen-bond acceptors (Lipinski definition) is 4. The minimum atomic E-state index is -0.537. The van der Waals surface area contributed by atoms with Gasteiger partial charge in [-0.1, -0.05) is 12.1 Å². The van der Waals surface area contributed by atoms with E-state index in [0.29, 0.717) is 6.54 Å². The first-order chi connectivity index (χ1) is 9.17. The van der Waals surface area contributed by atoms with Crippen molar-refractivity contribution in [1.29, 1.82) is 5.26 Å². The maximum atomic E-state index is 9.25. The van der Waals surface area contributed by atoms with E-state index in [0.717, 1.165) is 29.9 Å². The summed E-state index contributed by atoms with van der Waals surface area (Å²) in [5.41, 5.74) is 0.607. The van der Waals surface area contributed by atoms with Crippen molar-refractivity contribution >= 4 is 0 Å². The molecule has 4 heteroatoms. The highest BCUT2D eigenvalue weighted by molar-refractivity contribution is 5.44. The molecular formula is C15H18N2O2. The number of nitrogens with one attached hydrogen (secondary N) is 1. The molecular weight excluding hydrogens is 240 g/mol. The minimum Gasteiger partial charge on any atom is -0.454 e. The van der Waals surface area contributed by atoms with E-state index >= 15 is 0 Å². The molecule has 2 rings (SSSR count). The van der Waals surface area contributed by atoms with Crippen molar-refractivity contribution in [3.05, 3.63) is 36.4 Å². The van der Waals surface area contributed by atoms with Crippen LogP contribution in [-0.2, 0) is 6.42 Å². The third-order valence-electron chi connectivity index (χ3n) is 3.23. The van der Waals surface area contributed by atoms with Gasteiger partial charge in [0.1, 0.15) is 5.54 Å². The van der Waals surface area contributed by atoms with Crippen LogP contribution in [-0.4, -0.2) is 18.9 Å². The van der Waals surface area contributed by atoms with Crippen LogP contribution in [0.1, 0.15) is 18.9 Å². The number of fused-ring (bicyclic) bond motifs is 1. The van der Waals surface area contributed by atoms with Crippen molar-refractivity contribution in [2.75, 3.05) is 13.3 Å². The predicted octanol–water partition coefficient (Wildman–Crippen LogP) is 2.41. The van der Waals surface area contributed by atoms with Crippen LogP contribution in [0.3, 0.4) is 0 Å². The zero-order valence-corrected chi connectivity index (χ0v) is 11.1. The first kappa shape index (κ1) is 13.4. The number of benzene rings is 1. The smallest absolute Gasteiger partial charge is 0.231 e. The highest BCUT2D eigenvalue weighted by atomic mass is 16.7. The molecule has 1 unspecified atom stereocenters. The fourth-order valence-corrected chi connectivity index (χ4v) is 1.97. The molecule has 1 aromatic rings. The molecule has 19 heavy (non-hydrogen) atoms. The maximum Gasteiger partial charge on any atom is 0.231 e. The standard InChI is InChI=1S/C15H18N2O2/c1-3-8-17-15(2,10-16)7-6-12-4-5-13-14(9-12)19-11-18-13/h3-5,9,17H,1,6-8,11H2,2H3. The Morgan fingerprint density at radius 3 is 3.00 bits per heavy atom. The van der Waals surface area contributed by atoms with E-state index in [1.165, 1.54) is 0 Å². The Balaban J connectivity index is 1.98. The molecule has 1 aliphatic rings. The molecule has 0 radical (unpaired) electrons. The van der Waals surface area contributed by atoms with Gasteiger partial charge >= 0.3 is 0 Å². The monoisotopic (exact) mass is 258 g/mol. The second-order valence-electron chi connectivity index (χ2n) is 4.80. The highest BCUT2D eigenvalue weighted by Crippen LogP contribution is 2.33. The van der Waals surface area contributed by atoms with Crippen LogP contribution in [0.25, 0.3) is 0 Å². The fraction of sp³-hybridized carbons (Fsp3) is 0.400. The summed E-state index contributed by atoms with van der Waals surface area (Å²) < 4.78 is 10.6. The highest BCUT2D eigenvalue weighted by Gasteiger charge is 2.22. The molecule has 1 N–H and O–H groups in total. The van der Waals surface area contributed by atoms with E-state index in [1.807, 2.05) is 25.1 Å². The second kappa shape index (κ2) is 5.77. The Hall–Kier alpha value is -1.99. The number of rotatable bonds is 6. The quantitative estimate of drug-likeness (QED) is 0.796. The Kier molecular flexibility index (Phi) is 4.08. The number of nitriles is 1. The molecule has 0 aromatic heterocycles. The van der Waals surface area contributed by atoms with E-state index in [4.69, 9.17) is 9.47 Å². The zero-order chi connectivity index (χ0) is 13.7. The predicted molar refractivity (Wildman–Crippen MR) is 73.1 cm³/mol. The van der Waals surface area contributed by atoms with Gasteiger partial charge < -0.3 is 9.47 Å². The Labute approximate surface area is 113 Å². The summed E-state index contributed by atoms with van der Waals surface area (Å²) in [6.45, 7) is 6.48. The second-order valence-corrected chi connectivity index (χ2v) is 4.80. The Morgan fingerprint density at radius 2 is 2.26 bits per heavy atom. The van der Waals surface area contributed by atoms with Crippen molar-refractivity contribution in [2.24, 2.45) is 0 Å². The summed E-state index contributed by atoms with van der Waals surface area (Å²) in [5, 5.41) is 12.4.